The third-order valence-electron chi connectivity index (χ3n) is 2.92. The van der Waals surface area contributed by atoms with Crippen LogP contribution in [-0.4, -0.2) is 40.6 Å². The molecular formula is C11H16N4O2. The number of carbonyl (C=O) groups excluding carboxylic acids is 1. The Bertz CT molecular complexity index is 363. The predicted octanol–water partition coefficient (Wildman–Crippen LogP) is 0.219. The first-order chi connectivity index (χ1) is 8.29. The molecule has 17 heavy (non-hydrogen) atoms. The third-order valence-corrected chi connectivity index (χ3v) is 2.92. The zero-order valence-electron chi connectivity index (χ0n) is 9.58. The fourth-order valence-electron chi connectivity index (χ4n) is 1.81. The number of carbonyl (C=O) groups is 1. The summed E-state index contributed by atoms with van der Waals surface area (Å²) in [5, 5.41) is 1.68. The molecule has 92 valence electrons. The van der Waals surface area contributed by atoms with Gasteiger partial charge >= 0.3 is 5.97 Å². The first-order valence-corrected chi connectivity index (χ1v) is 5.72. The second-order valence-corrected chi connectivity index (χ2v) is 4.11. The van der Waals surface area contributed by atoms with E-state index in [9.17, 15) is 4.79 Å². The van der Waals surface area contributed by atoms with Gasteiger partial charge in [-0.1, -0.05) is 0 Å². The Morgan fingerprint density at radius 2 is 2.06 bits per heavy atom. The minimum atomic E-state index is -0.406. The van der Waals surface area contributed by atoms with E-state index in [0.29, 0.717) is 18.0 Å². The van der Waals surface area contributed by atoms with Crippen LogP contribution in [0.2, 0.25) is 0 Å². The number of hydrogen-bond acceptors (Lipinski definition) is 6. The summed E-state index contributed by atoms with van der Waals surface area (Å²) in [6, 6.07) is 0. The van der Waals surface area contributed by atoms with Crippen LogP contribution >= 0.6 is 0 Å². The normalized spacial score (nSPS) is 17.9. The minimum absolute atomic E-state index is 0.369. The molecule has 0 saturated carbocycles. The third kappa shape index (κ3) is 3.21. The van der Waals surface area contributed by atoms with Crippen LogP contribution in [0.15, 0.2) is 18.7 Å². The van der Waals surface area contributed by atoms with E-state index in [1.54, 1.807) is 5.06 Å². The second kappa shape index (κ2) is 5.70. The van der Waals surface area contributed by atoms with Gasteiger partial charge in [-0.25, -0.2) is 14.8 Å². The molecule has 6 nitrogen and oxygen atoms in total. The van der Waals surface area contributed by atoms with Crippen molar-refractivity contribution in [1.82, 2.24) is 15.0 Å². The van der Waals surface area contributed by atoms with Gasteiger partial charge in [-0.05, 0) is 25.3 Å². The summed E-state index contributed by atoms with van der Waals surface area (Å²) in [5.74, 6) is 0.141. The Morgan fingerprint density at radius 1 is 1.41 bits per heavy atom. The highest BCUT2D eigenvalue weighted by Crippen LogP contribution is 2.16. The van der Waals surface area contributed by atoms with Gasteiger partial charge in [0.2, 0.25) is 0 Å². The highest BCUT2D eigenvalue weighted by molar-refractivity contribution is 5.88. The van der Waals surface area contributed by atoms with Crippen LogP contribution in [0.5, 0.6) is 0 Å². The second-order valence-electron chi connectivity index (χ2n) is 4.11. The van der Waals surface area contributed by atoms with Gasteiger partial charge in [0.1, 0.15) is 6.33 Å². The number of piperidine rings is 1. The smallest absolute Gasteiger partial charge is 0.360 e. The summed E-state index contributed by atoms with van der Waals surface area (Å²) in [6.07, 6.45) is 6.21. The van der Waals surface area contributed by atoms with Crippen LogP contribution in [0.1, 0.15) is 23.2 Å². The number of nitrogens with two attached hydrogens (primary N) is 1. The van der Waals surface area contributed by atoms with E-state index in [2.05, 4.69) is 9.97 Å². The molecule has 0 radical (unpaired) electrons. The summed E-state index contributed by atoms with van der Waals surface area (Å²) in [7, 11) is 0. The van der Waals surface area contributed by atoms with Gasteiger partial charge in [0.15, 0.2) is 0 Å². The molecule has 0 bridgehead atoms. The summed E-state index contributed by atoms with van der Waals surface area (Å²) < 4.78 is 0. The maximum Gasteiger partial charge on any atom is 0.360 e. The van der Waals surface area contributed by atoms with E-state index in [1.807, 2.05) is 0 Å². The molecule has 0 unspecified atom stereocenters. The molecule has 1 aromatic heterocycles. The van der Waals surface area contributed by atoms with Gasteiger partial charge < -0.3 is 10.6 Å². The highest BCUT2D eigenvalue weighted by atomic mass is 16.7. The molecule has 2 rings (SSSR count). The van der Waals surface area contributed by atoms with Gasteiger partial charge in [-0.3, -0.25) is 0 Å². The number of hydrogen-bond donors (Lipinski definition) is 1. The fraction of sp³-hybridized carbons (Fsp3) is 0.545. The van der Waals surface area contributed by atoms with E-state index < -0.39 is 5.97 Å². The molecule has 1 fully saturated rings. The van der Waals surface area contributed by atoms with Gasteiger partial charge in [0.25, 0.3) is 0 Å². The van der Waals surface area contributed by atoms with E-state index in [4.69, 9.17) is 10.6 Å². The van der Waals surface area contributed by atoms with E-state index in [-0.39, 0.29) is 0 Å². The van der Waals surface area contributed by atoms with Gasteiger partial charge in [-0.2, -0.15) is 0 Å². The van der Waals surface area contributed by atoms with Crippen LogP contribution < -0.4 is 5.73 Å². The summed E-state index contributed by atoms with van der Waals surface area (Å²) in [6.45, 7) is 2.18. The van der Waals surface area contributed by atoms with Crippen molar-refractivity contribution in [2.75, 3.05) is 19.6 Å². The van der Waals surface area contributed by atoms with Gasteiger partial charge in [-0.15, -0.1) is 5.06 Å². The average Bonchev–Trinajstić information content (AvgIpc) is 2.40. The molecule has 0 spiro atoms. The maximum absolute atomic E-state index is 11.7. The zero-order chi connectivity index (χ0) is 12.1. The SMILES string of the molecule is NCC1CCN(OC(=O)c2cncnc2)CC1. The average molecular weight is 236 g/mol. The summed E-state index contributed by atoms with van der Waals surface area (Å²) >= 11 is 0. The number of rotatable bonds is 3. The molecule has 0 aliphatic carbocycles. The van der Waals surface area contributed by atoms with Crippen LogP contribution in [0.3, 0.4) is 0 Å². The lowest BCUT2D eigenvalue weighted by Gasteiger charge is -2.29. The van der Waals surface area contributed by atoms with Gasteiger partial charge in [0, 0.05) is 25.5 Å². The van der Waals surface area contributed by atoms with Crippen molar-refractivity contribution in [3.63, 3.8) is 0 Å². The summed E-state index contributed by atoms with van der Waals surface area (Å²) in [4.78, 5) is 24.5. The monoisotopic (exact) mass is 236 g/mol. The Balaban J connectivity index is 1.84. The maximum atomic E-state index is 11.7. The lowest BCUT2D eigenvalue weighted by atomic mass is 9.98. The van der Waals surface area contributed by atoms with Crippen molar-refractivity contribution >= 4 is 5.97 Å². The lowest BCUT2D eigenvalue weighted by molar-refractivity contribution is -0.125. The van der Waals surface area contributed by atoms with Crippen molar-refractivity contribution < 1.29 is 9.63 Å². The lowest BCUT2D eigenvalue weighted by Crippen LogP contribution is -2.37. The zero-order valence-corrected chi connectivity index (χ0v) is 9.58. The Hall–Kier alpha value is -1.53. The Kier molecular flexibility index (Phi) is 4.00. The highest BCUT2D eigenvalue weighted by Gasteiger charge is 2.21. The van der Waals surface area contributed by atoms with Crippen LogP contribution in [0, 0.1) is 5.92 Å². The van der Waals surface area contributed by atoms with Crippen molar-refractivity contribution in [2.45, 2.75) is 12.8 Å². The fourth-order valence-corrected chi connectivity index (χ4v) is 1.81. The minimum Gasteiger partial charge on any atom is -0.364 e. The molecule has 6 heteroatoms. The van der Waals surface area contributed by atoms with Gasteiger partial charge in [0.05, 0.1) is 5.56 Å². The number of aromatic nitrogens is 2. The molecule has 1 aliphatic rings. The number of hydroxylamine groups is 2. The topological polar surface area (TPSA) is 81.3 Å². The first kappa shape index (κ1) is 11.9. The standard InChI is InChI=1S/C11H16N4O2/c12-5-9-1-3-15(4-2-9)17-11(16)10-6-13-8-14-7-10/h6-9H,1-5,12H2. The first-order valence-electron chi connectivity index (χ1n) is 5.72. The van der Waals surface area contributed by atoms with Crippen molar-refractivity contribution in [3.05, 3.63) is 24.3 Å². The largest absolute Gasteiger partial charge is 0.364 e. The van der Waals surface area contributed by atoms with E-state index >= 15 is 0 Å². The van der Waals surface area contributed by atoms with Crippen molar-refractivity contribution in [2.24, 2.45) is 11.7 Å². The van der Waals surface area contributed by atoms with Crippen LogP contribution in [0.25, 0.3) is 0 Å². The van der Waals surface area contributed by atoms with Crippen LogP contribution in [0.4, 0.5) is 0 Å². The van der Waals surface area contributed by atoms with E-state index in [1.165, 1.54) is 18.7 Å². The molecule has 1 aromatic rings. The molecule has 1 aliphatic heterocycles. The quantitative estimate of drug-likeness (QED) is 0.808. The predicted molar refractivity (Wildman–Crippen MR) is 60.8 cm³/mol. The Labute approximate surface area is 99.7 Å². The van der Waals surface area contributed by atoms with E-state index in [0.717, 1.165) is 25.9 Å². The van der Waals surface area contributed by atoms with Crippen molar-refractivity contribution in [1.29, 1.82) is 0 Å². The summed E-state index contributed by atoms with van der Waals surface area (Å²) in [5.41, 5.74) is 5.97. The molecule has 2 N–H and O–H groups in total. The molecular weight excluding hydrogens is 220 g/mol. The molecule has 2 heterocycles. The molecule has 0 atom stereocenters. The van der Waals surface area contributed by atoms with Crippen LogP contribution in [-0.2, 0) is 4.84 Å². The molecule has 0 amide bonds. The Morgan fingerprint density at radius 3 is 2.65 bits per heavy atom. The molecule has 1 saturated heterocycles. The molecule has 0 aromatic carbocycles. The number of nitrogens with zero attached hydrogens (tertiary/aromatic N) is 3. The van der Waals surface area contributed by atoms with Crippen molar-refractivity contribution in [3.8, 4) is 0 Å².